The number of nitrogens with zero attached hydrogens (tertiary/aromatic N) is 1. The third kappa shape index (κ3) is 6.05. The summed E-state index contributed by atoms with van der Waals surface area (Å²) in [6.45, 7) is 0.530. The van der Waals surface area contributed by atoms with Gasteiger partial charge in [0.2, 0.25) is 5.91 Å². The largest absolute Gasteiger partial charge is 0.444 e. The number of carbonyl (C=O) groups excluding carboxylic acids is 2. The molecule has 1 atom stereocenters. The van der Waals surface area contributed by atoms with Gasteiger partial charge in [-0.3, -0.25) is 9.59 Å². The molecule has 0 aliphatic rings. The van der Waals surface area contributed by atoms with Gasteiger partial charge in [0, 0.05) is 12.2 Å². The fraction of sp³-hybridized carbons (Fsp3) is 0.217. The van der Waals surface area contributed by atoms with Crippen LogP contribution in [-0.4, -0.2) is 37.4 Å². The number of hydrogen-bond donors (Lipinski definition) is 2. The highest BCUT2D eigenvalue weighted by Crippen LogP contribution is 2.18. The molecular formula is C23H24BrN3O3. The summed E-state index contributed by atoms with van der Waals surface area (Å²) in [6.07, 6.45) is 0.272. The SMILES string of the molecule is CN(C)C(CNC(=O)Cc1ccc(NC(=O)c2ccc(Br)o2)cc1)c1ccccc1. The first kappa shape index (κ1) is 21.8. The summed E-state index contributed by atoms with van der Waals surface area (Å²) in [5.74, 6) is -0.156. The minimum atomic E-state index is -0.332. The summed E-state index contributed by atoms with van der Waals surface area (Å²) < 4.78 is 5.73. The highest BCUT2D eigenvalue weighted by molar-refractivity contribution is 9.10. The number of hydrogen-bond acceptors (Lipinski definition) is 4. The van der Waals surface area contributed by atoms with E-state index in [9.17, 15) is 9.59 Å². The van der Waals surface area contributed by atoms with Crippen LogP contribution in [0.2, 0.25) is 0 Å². The van der Waals surface area contributed by atoms with Crippen LogP contribution in [-0.2, 0) is 11.2 Å². The Bertz CT molecular complexity index is 984. The second-order valence-corrected chi connectivity index (χ2v) is 7.91. The Morgan fingerprint density at radius 1 is 1.00 bits per heavy atom. The molecule has 156 valence electrons. The van der Waals surface area contributed by atoms with Crippen molar-refractivity contribution < 1.29 is 14.0 Å². The molecule has 30 heavy (non-hydrogen) atoms. The summed E-state index contributed by atoms with van der Waals surface area (Å²) in [4.78, 5) is 26.6. The van der Waals surface area contributed by atoms with Crippen molar-refractivity contribution >= 4 is 33.4 Å². The zero-order valence-electron chi connectivity index (χ0n) is 16.9. The molecule has 2 amide bonds. The van der Waals surface area contributed by atoms with E-state index in [1.54, 1.807) is 24.3 Å². The molecule has 0 aliphatic carbocycles. The number of anilines is 1. The van der Waals surface area contributed by atoms with Gasteiger partial charge in [0.25, 0.3) is 5.91 Å². The van der Waals surface area contributed by atoms with Gasteiger partial charge in [-0.1, -0.05) is 42.5 Å². The number of likely N-dealkylation sites (N-methyl/N-ethyl adjacent to an activating group) is 1. The minimum absolute atomic E-state index is 0.0463. The molecule has 7 heteroatoms. The molecule has 3 rings (SSSR count). The predicted octanol–water partition coefficient (Wildman–Crippen LogP) is 4.26. The summed E-state index contributed by atoms with van der Waals surface area (Å²) in [7, 11) is 4.00. The van der Waals surface area contributed by atoms with Crippen LogP contribution in [0.4, 0.5) is 5.69 Å². The topological polar surface area (TPSA) is 74.6 Å². The summed E-state index contributed by atoms with van der Waals surface area (Å²) in [6, 6.07) is 20.7. The van der Waals surface area contributed by atoms with Crippen LogP contribution in [0.15, 0.2) is 75.8 Å². The fourth-order valence-electron chi connectivity index (χ4n) is 3.07. The highest BCUT2D eigenvalue weighted by Gasteiger charge is 2.15. The smallest absolute Gasteiger partial charge is 0.291 e. The molecule has 0 fully saturated rings. The molecule has 0 bridgehead atoms. The lowest BCUT2D eigenvalue weighted by molar-refractivity contribution is -0.120. The molecule has 6 nitrogen and oxygen atoms in total. The van der Waals surface area contributed by atoms with E-state index in [-0.39, 0.29) is 30.0 Å². The summed E-state index contributed by atoms with van der Waals surface area (Å²) in [5.41, 5.74) is 2.66. The number of furan rings is 1. The molecule has 0 aliphatic heterocycles. The molecule has 0 saturated heterocycles. The van der Waals surface area contributed by atoms with Gasteiger partial charge >= 0.3 is 0 Å². The molecule has 1 aromatic heterocycles. The van der Waals surface area contributed by atoms with Crippen LogP contribution in [0.3, 0.4) is 0 Å². The lowest BCUT2D eigenvalue weighted by Gasteiger charge is -2.25. The molecule has 0 spiro atoms. The number of benzene rings is 2. The van der Waals surface area contributed by atoms with Gasteiger partial charge in [-0.15, -0.1) is 0 Å². The number of rotatable bonds is 8. The molecule has 1 unspecified atom stereocenters. The standard InChI is InChI=1S/C23H24BrN3O3/c1-27(2)19(17-6-4-3-5-7-17)15-25-22(28)14-16-8-10-18(11-9-16)26-23(29)20-12-13-21(24)30-20/h3-13,19H,14-15H2,1-2H3,(H,25,28)(H,26,29). The maximum absolute atomic E-state index is 12.4. The molecule has 2 aromatic carbocycles. The first-order valence-electron chi connectivity index (χ1n) is 9.56. The van der Waals surface area contributed by atoms with Crippen LogP contribution in [0, 0.1) is 0 Å². The van der Waals surface area contributed by atoms with Gasteiger partial charge in [0.15, 0.2) is 10.4 Å². The highest BCUT2D eigenvalue weighted by atomic mass is 79.9. The number of carbonyl (C=O) groups is 2. The molecule has 2 N–H and O–H groups in total. The Labute approximate surface area is 184 Å². The Kier molecular flexibility index (Phi) is 7.43. The number of amides is 2. The van der Waals surface area contributed by atoms with Crippen molar-refractivity contribution in [1.29, 1.82) is 0 Å². The van der Waals surface area contributed by atoms with Crippen LogP contribution >= 0.6 is 15.9 Å². The van der Waals surface area contributed by atoms with E-state index in [1.165, 1.54) is 0 Å². The zero-order valence-corrected chi connectivity index (χ0v) is 18.5. The van der Waals surface area contributed by atoms with Crippen molar-refractivity contribution in [2.45, 2.75) is 12.5 Å². The van der Waals surface area contributed by atoms with E-state index in [1.807, 2.05) is 44.4 Å². The monoisotopic (exact) mass is 469 g/mol. The quantitative estimate of drug-likeness (QED) is 0.516. The maximum atomic E-state index is 12.4. The molecule has 0 saturated carbocycles. The van der Waals surface area contributed by atoms with Crippen LogP contribution in [0.1, 0.15) is 27.7 Å². The number of halogens is 1. The van der Waals surface area contributed by atoms with E-state index >= 15 is 0 Å². The van der Waals surface area contributed by atoms with Crippen LogP contribution in [0.5, 0.6) is 0 Å². The molecule has 0 radical (unpaired) electrons. The Morgan fingerprint density at radius 2 is 1.70 bits per heavy atom. The Balaban J connectivity index is 1.52. The van der Waals surface area contributed by atoms with Crippen molar-refractivity contribution in [3.63, 3.8) is 0 Å². The Morgan fingerprint density at radius 3 is 2.30 bits per heavy atom. The van der Waals surface area contributed by atoms with Gasteiger partial charge in [-0.05, 0) is 65.4 Å². The first-order chi connectivity index (χ1) is 14.4. The van der Waals surface area contributed by atoms with Gasteiger partial charge in [-0.2, -0.15) is 0 Å². The minimum Gasteiger partial charge on any atom is -0.444 e. The lowest BCUT2D eigenvalue weighted by Crippen LogP contribution is -2.35. The lowest BCUT2D eigenvalue weighted by atomic mass is 10.1. The van der Waals surface area contributed by atoms with Gasteiger partial charge in [0.05, 0.1) is 12.5 Å². The molecule has 3 aromatic rings. The predicted molar refractivity (Wildman–Crippen MR) is 120 cm³/mol. The fourth-order valence-corrected chi connectivity index (χ4v) is 3.37. The average molecular weight is 470 g/mol. The normalized spacial score (nSPS) is 11.9. The van der Waals surface area contributed by atoms with Crippen molar-refractivity contribution in [3.8, 4) is 0 Å². The van der Waals surface area contributed by atoms with E-state index in [0.29, 0.717) is 16.9 Å². The summed E-state index contributed by atoms with van der Waals surface area (Å²) in [5, 5.41) is 5.78. The first-order valence-corrected chi connectivity index (χ1v) is 10.4. The van der Waals surface area contributed by atoms with Crippen molar-refractivity contribution in [2.75, 3.05) is 26.0 Å². The van der Waals surface area contributed by atoms with Gasteiger partial charge in [-0.25, -0.2) is 0 Å². The summed E-state index contributed by atoms with van der Waals surface area (Å²) >= 11 is 3.17. The van der Waals surface area contributed by atoms with Crippen LogP contribution < -0.4 is 10.6 Å². The van der Waals surface area contributed by atoms with E-state index in [4.69, 9.17) is 4.42 Å². The third-order valence-electron chi connectivity index (χ3n) is 4.67. The van der Waals surface area contributed by atoms with Crippen molar-refractivity contribution in [2.24, 2.45) is 0 Å². The third-order valence-corrected chi connectivity index (χ3v) is 5.10. The van der Waals surface area contributed by atoms with E-state index < -0.39 is 0 Å². The maximum Gasteiger partial charge on any atom is 0.291 e. The number of nitrogens with one attached hydrogen (secondary N) is 2. The molecular weight excluding hydrogens is 446 g/mol. The van der Waals surface area contributed by atoms with Crippen molar-refractivity contribution in [1.82, 2.24) is 10.2 Å². The van der Waals surface area contributed by atoms with Gasteiger partial charge < -0.3 is 20.0 Å². The second-order valence-electron chi connectivity index (χ2n) is 7.13. The second kappa shape index (κ2) is 10.2. The van der Waals surface area contributed by atoms with Crippen LogP contribution in [0.25, 0.3) is 0 Å². The van der Waals surface area contributed by atoms with E-state index in [2.05, 4.69) is 43.6 Å². The average Bonchev–Trinajstić information content (AvgIpc) is 3.17. The Hall–Kier alpha value is -2.90. The van der Waals surface area contributed by atoms with Gasteiger partial charge in [0.1, 0.15) is 0 Å². The van der Waals surface area contributed by atoms with Crippen molar-refractivity contribution in [3.05, 3.63) is 88.3 Å². The van der Waals surface area contributed by atoms with E-state index in [0.717, 1.165) is 11.1 Å². The molecule has 1 heterocycles. The zero-order chi connectivity index (χ0) is 21.5.